The Labute approximate surface area is 128 Å². The Morgan fingerprint density at radius 3 is 2.23 bits per heavy atom. The van der Waals surface area contributed by atoms with Crippen molar-refractivity contribution >= 4 is 23.8 Å². The topological polar surface area (TPSA) is 59.0 Å². The zero-order valence-corrected chi connectivity index (χ0v) is 12.2. The Morgan fingerprint density at radius 1 is 1.05 bits per heavy atom. The molecule has 112 valence electrons. The number of carbonyl (C=O) groups is 2. The number of hydrogen-bond donors (Lipinski definition) is 0. The number of carbonyl (C=O) groups excluding carboxylic acids is 2. The summed E-state index contributed by atoms with van der Waals surface area (Å²) in [5.74, 6) is -1.77. The second kappa shape index (κ2) is 7.73. The highest BCUT2D eigenvalue weighted by Gasteiger charge is 2.24. The van der Waals surface area contributed by atoms with E-state index in [4.69, 9.17) is 4.74 Å². The highest BCUT2D eigenvalue weighted by molar-refractivity contribution is 6.38. The summed E-state index contributed by atoms with van der Waals surface area (Å²) < 4.78 is 4.75. The predicted molar refractivity (Wildman–Crippen MR) is 84.6 cm³/mol. The van der Waals surface area contributed by atoms with Crippen molar-refractivity contribution in [1.29, 1.82) is 0 Å². The van der Waals surface area contributed by atoms with Gasteiger partial charge in [-0.1, -0.05) is 48.5 Å². The number of ether oxygens (including phenoxy) is 1. The zero-order valence-electron chi connectivity index (χ0n) is 12.2. The first-order valence-electron chi connectivity index (χ1n) is 6.87. The zero-order chi connectivity index (χ0) is 15.8. The van der Waals surface area contributed by atoms with E-state index in [1.165, 1.54) is 6.21 Å². The Bertz CT molecular complexity index is 654. The van der Waals surface area contributed by atoms with Gasteiger partial charge in [0.15, 0.2) is 0 Å². The van der Waals surface area contributed by atoms with Gasteiger partial charge in [-0.05, 0) is 24.6 Å². The molecule has 0 unspecified atom stereocenters. The summed E-state index contributed by atoms with van der Waals surface area (Å²) in [5.41, 5.74) is 1.31. The molecular formula is C17H16N2O3. The normalized spacial score (nSPS) is 10.4. The molecule has 0 radical (unpaired) electrons. The standard InChI is InChI=1S/C17H16N2O3/c1-2-22-17(21)16(20)19(15-11-7-4-8-12-15)18-13-14-9-5-3-6-10-14/h3-13H,2H2,1H3/b18-13+. The summed E-state index contributed by atoms with van der Waals surface area (Å²) in [5, 5.41) is 5.16. The number of hydrogen-bond acceptors (Lipinski definition) is 4. The fourth-order valence-electron chi connectivity index (χ4n) is 1.75. The van der Waals surface area contributed by atoms with Crippen molar-refractivity contribution in [2.24, 2.45) is 5.10 Å². The molecule has 5 heteroatoms. The van der Waals surface area contributed by atoms with Crippen molar-refractivity contribution in [3.05, 3.63) is 66.2 Å². The molecule has 1 amide bonds. The molecule has 0 saturated heterocycles. The third-order valence-corrected chi connectivity index (χ3v) is 2.77. The number of anilines is 1. The van der Waals surface area contributed by atoms with Gasteiger partial charge in [0.2, 0.25) is 0 Å². The van der Waals surface area contributed by atoms with Crippen LogP contribution in [-0.4, -0.2) is 24.7 Å². The molecular weight excluding hydrogens is 280 g/mol. The number of amides is 1. The average Bonchev–Trinajstić information content (AvgIpc) is 2.57. The molecule has 0 aliphatic rings. The molecule has 0 N–H and O–H groups in total. The molecule has 5 nitrogen and oxygen atoms in total. The molecule has 0 saturated carbocycles. The van der Waals surface area contributed by atoms with E-state index in [2.05, 4.69) is 5.10 Å². The molecule has 22 heavy (non-hydrogen) atoms. The van der Waals surface area contributed by atoms with E-state index in [0.29, 0.717) is 5.69 Å². The molecule has 0 atom stereocenters. The van der Waals surface area contributed by atoms with Gasteiger partial charge in [0.1, 0.15) is 0 Å². The molecule has 0 aliphatic heterocycles. The Hall–Kier alpha value is -2.95. The van der Waals surface area contributed by atoms with Crippen molar-refractivity contribution in [3.63, 3.8) is 0 Å². The second-order valence-corrected chi connectivity index (χ2v) is 4.33. The van der Waals surface area contributed by atoms with Gasteiger partial charge in [-0.3, -0.25) is 4.79 Å². The molecule has 2 rings (SSSR count). The SMILES string of the molecule is CCOC(=O)C(=O)N(/N=C/c1ccccc1)c1ccccc1. The fourth-order valence-corrected chi connectivity index (χ4v) is 1.75. The van der Waals surface area contributed by atoms with Gasteiger partial charge in [0.25, 0.3) is 0 Å². The van der Waals surface area contributed by atoms with E-state index in [1.54, 1.807) is 31.2 Å². The maximum atomic E-state index is 12.2. The van der Waals surface area contributed by atoms with Crippen molar-refractivity contribution in [3.8, 4) is 0 Å². The van der Waals surface area contributed by atoms with E-state index in [-0.39, 0.29) is 6.61 Å². The minimum absolute atomic E-state index is 0.135. The number of para-hydroxylation sites is 1. The van der Waals surface area contributed by atoms with Gasteiger partial charge in [0, 0.05) is 0 Å². The Morgan fingerprint density at radius 2 is 1.64 bits per heavy atom. The molecule has 0 aliphatic carbocycles. The molecule has 2 aromatic rings. The van der Waals surface area contributed by atoms with E-state index in [9.17, 15) is 9.59 Å². The quantitative estimate of drug-likeness (QED) is 0.377. The van der Waals surface area contributed by atoms with E-state index in [0.717, 1.165) is 10.6 Å². The maximum absolute atomic E-state index is 12.2. The van der Waals surface area contributed by atoms with Gasteiger partial charge >= 0.3 is 11.9 Å². The van der Waals surface area contributed by atoms with Gasteiger partial charge in [-0.15, -0.1) is 0 Å². The lowest BCUT2D eigenvalue weighted by atomic mass is 10.2. The van der Waals surface area contributed by atoms with Crippen LogP contribution < -0.4 is 5.01 Å². The minimum Gasteiger partial charge on any atom is -0.459 e. The largest absolute Gasteiger partial charge is 0.459 e. The third-order valence-electron chi connectivity index (χ3n) is 2.77. The monoisotopic (exact) mass is 296 g/mol. The van der Waals surface area contributed by atoms with Crippen LogP contribution in [0.2, 0.25) is 0 Å². The maximum Gasteiger partial charge on any atom is 0.399 e. The van der Waals surface area contributed by atoms with Crippen LogP contribution in [0.3, 0.4) is 0 Å². The van der Waals surface area contributed by atoms with Crippen LogP contribution in [-0.2, 0) is 14.3 Å². The first kappa shape index (κ1) is 15.4. The second-order valence-electron chi connectivity index (χ2n) is 4.33. The molecule has 2 aromatic carbocycles. The van der Waals surface area contributed by atoms with Crippen LogP contribution in [0, 0.1) is 0 Å². The van der Waals surface area contributed by atoms with Crippen LogP contribution in [0.5, 0.6) is 0 Å². The Balaban J connectivity index is 2.28. The summed E-state index contributed by atoms with van der Waals surface area (Å²) in [6, 6.07) is 18.0. The van der Waals surface area contributed by atoms with E-state index < -0.39 is 11.9 Å². The summed E-state index contributed by atoms with van der Waals surface area (Å²) in [7, 11) is 0. The first-order chi connectivity index (χ1) is 10.7. The van der Waals surface area contributed by atoms with Crippen molar-refractivity contribution in [2.45, 2.75) is 6.92 Å². The van der Waals surface area contributed by atoms with Gasteiger partial charge in [-0.2, -0.15) is 10.1 Å². The first-order valence-corrected chi connectivity index (χ1v) is 6.87. The number of esters is 1. The average molecular weight is 296 g/mol. The third kappa shape index (κ3) is 4.02. The summed E-state index contributed by atoms with van der Waals surface area (Å²) in [4.78, 5) is 23.9. The molecule has 0 aromatic heterocycles. The summed E-state index contributed by atoms with van der Waals surface area (Å²) in [6.07, 6.45) is 1.52. The smallest absolute Gasteiger partial charge is 0.399 e. The number of hydrazone groups is 1. The van der Waals surface area contributed by atoms with E-state index in [1.807, 2.05) is 36.4 Å². The van der Waals surface area contributed by atoms with Crippen LogP contribution in [0.25, 0.3) is 0 Å². The van der Waals surface area contributed by atoms with Gasteiger partial charge in [-0.25, -0.2) is 4.79 Å². The molecule has 0 heterocycles. The lowest BCUT2D eigenvalue weighted by Gasteiger charge is -2.15. The highest BCUT2D eigenvalue weighted by Crippen LogP contribution is 2.14. The van der Waals surface area contributed by atoms with Crippen molar-refractivity contribution < 1.29 is 14.3 Å². The molecule has 0 spiro atoms. The van der Waals surface area contributed by atoms with Crippen LogP contribution in [0.4, 0.5) is 5.69 Å². The molecule has 0 fully saturated rings. The minimum atomic E-state index is -0.934. The van der Waals surface area contributed by atoms with Crippen LogP contribution >= 0.6 is 0 Å². The summed E-state index contributed by atoms with van der Waals surface area (Å²) >= 11 is 0. The van der Waals surface area contributed by atoms with Crippen molar-refractivity contribution in [2.75, 3.05) is 11.6 Å². The Kier molecular flexibility index (Phi) is 5.43. The summed E-state index contributed by atoms with van der Waals surface area (Å²) in [6.45, 7) is 1.78. The predicted octanol–water partition coefficient (Wildman–Crippen LogP) is 2.62. The number of nitrogens with zero attached hydrogens (tertiary/aromatic N) is 2. The van der Waals surface area contributed by atoms with Gasteiger partial charge < -0.3 is 4.74 Å². The lowest BCUT2D eigenvalue weighted by Crippen LogP contribution is -2.34. The number of rotatable bonds is 4. The lowest BCUT2D eigenvalue weighted by molar-refractivity contribution is -0.153. The molecule has 0 bridgehead atoms. The number of benzene rings is 2. The highest BCUT2D eigenvalue weighted by atomic mass is 16.5. The van der Waals surface area contributed by atoms with Gasteiger partial charge in [0.05, 0.1) is 18.5 Å². The van der Waals surface area contributed by atoms with Crippen LogP contribution in [0.1, 0.15) is 12.5 Å². The van der Waals surface area contributed by atoms with Crippen molar-refractivity contribution in [1.82, 2.24) is 0 Å². The van der Waals surface area contributed by atoms with E-state index >= 15 is 0 Å². The van der Waals surface area contributed by atoms with Crippen LogP contribution in [0.15, 0.2) is 65.8 Å². The fraction of sp³-hybridized carbons (Fsp3) is 0.118.